The molecule has 2 nitrogen and oxygen atoms in total. The van der Waals surface area contributed by atoms with E-state index in [2.05, 4.69) is 72.8 Å². The van der Waals surface area contributed by atoms with Gasteiger partial charge in [0.05, 0.1) is 13.3 Å². The number of ether oxygens (including phenoxy) is 2. The first kappa shape index (κ1) is 28.2. The Kier molecular flexibility index (Phi) is 11.4. The van der Waals surface area contributed by atoms with Crippen molar-refractivity contribution in [3.8, 4) is 11.5 Å². The maximum absolute atomic E-state index is 12.4. The summed E-state index contributed by atoms with van der Waals surface area (Å²) >= 11 is 0. The van der Waals surface area contributed by atoms with E-state index in [0.29, 0.717) is 13.0 Å². The Morgan fingerprint density at radius 3 is 2.29 bits per heavy atom. The zero-order valence-corrected chi connectivity index (χ0v) is 22.8. The second-order valence-electron chi connectivity index (χ2n) is 10.6. The number of aryl methyl sites for hydroxylation is 1. The maximum Gasteiger partial charge on any atom is 0.126 e. The smallest absolute Gasteiger partial charge is 0.126 e. The minimum absolute atomic E-state index is 0.140. The topological polar surface area (TPSA) is 18.5 Å². The van der Waals surface area contributed by atoms with Gasteiger partial charge in [-0.25, -0.2) is 0 Å². The van der Waals surface area contributed by atoms with Gasteiger partial charge in [0, 0.05) is 6.42 Å². The molecule has 0 saturated heterocycles. The van der Waals surface area contributed by atoms with Crippen LogP contribution in [0.1, 0.15) is 103 Å². The third-order valence-corrected chi connectivity index (χ3v) is 6.97. The van der Waals surface area contributed by atoms with Crippen LogP contribution in [0.2, 0.25) is 0 Å². The average molecular weight is 471 g/mol. The number of hydrogen-bond donors (Lipinski definition) is 0. The fourth-order valence-corrected chi connectivity index (χ4v) is 4.48. The van der Waals surface area contributed by atoms with E-state index in [0.717, 1.165) is 74.0 Å². The van der Waals surface area contributed by atoms with Crippen molar-refractivity contribution < 1.29 is 13.9 Å². The molecule has 0 amide bonds. The predicted octanol–water partition coefficient (Wildman–Crippen LogP) is 9.32. The summed E-state index contributed by atoms with van der Waals surface area (Å²) in [6.45, 7) is 15.3. The van der Waals surface area contributed by atoms with Gasteiger partial charge >= 0.3 is 0 Å². The predicted molar refractivity (Wildman–Crippen MR) is 144 cm³/mol. The van der Waals surface area contributed by atoms with Gasteiger partial charge in [-0.2, -0.15) is 0 Å². The molecule has 0 fully saturated rings. The number of rotatable bonds is 13. The van der Waals surface area contributed by atoms with Gasteiger partial charge in [0.25, 0.3) is 0 Å². The first-order chi connectivity index (χ1) is 16.1. The third kappa shape index (κ3) is 8.96. The van der Waals surface area contributed by atoms with Gasteiger partial charge in [-0.05, 0) is 123 Å². The van der Waals surface area contributed by atoms with Crippen LogP contribution in [0.5, 0.6) is 11.5 Å². The standard InChI is InChI=1S/C31H47FO2/c1-23(2)12-8-13-24(3)14-9-15-25(4)16-10-18-31(7)19-17-28-22-29(33-21-11-20-32)26(5)27(6)30(28)34-31/h12,14,16,22H,8-11,13,15,17-21H2,1-7H3. The van der Waals surface area contributed by atoms with Crippen molar-refractivity contribution in [1.82, 2.24) is 0 Å². The number of benzene rings is 1. The Labute approximate surface area is 208 Å². The van der Waals surface area contributed by atoms with Crippen LogP contribution in [0, 0.1) is 13.8 Å². The molecule has 0 aromatic heterocycles. The lowest BCUT2D eigenvalue weighted by Crippen LogP contribution is -2.36. The second kappa shape index (κ2) is 13.8. The summed E-state index contributed by atoms with van der Waals surface area (Å²) in [5, 5.41) is 0. The second-order valence-corrected chi connectivity index (χ2v) is 10.6. The lowest BCUT2D eigenvalue weighted by molar-refractivity contribution is 0.0560. The summed E-state index contributed by atoms with van der Waals surface area (Å²) < 4.78 is 24.9. The summed E-state index contributed by atoms with van der Waals surface area (Å²) in [7, 11) is 0. The fourth-order valence-electron chi connectivity index (χ4n) is 4.48. The van der Waals surface area contributed by atoms with Gasteiger partial charge < -0.3 is 9.47 Å². The highest BCUT2D eigenvalue weighted by molar-refractivity contribution is 5.53. The zero-order chi connectivity index (χ0) is 25.1. The lowest BCUT2D eigenvalue weighted by atomic mass is 9.86. The van der Waals surface area contributed by atoms with Crippen molar-refractivity contribution in [3.05, 3.63) is 57.7 Å². The molecule has 0 aliphatic carbocycles. The molecule has 1 aliphatic heterocycles. The first-order valence-corrected chi connectivity index (χ1v) is 13.1. The molecule has 34 heavy (non-hydrogen) atoms. The summed E-state index contributed by atoms with van der Waals surface area (Å²) in [4.78, 5) is 0. The lowest BCUT2D eigenvalue weighted by Gasteiger charge is -2.37. The third-order valence-electron chi connectivity index (χ3n) is 6.97. The molecule has 3 heteroatoms. The van der Waals surface area contributed by atoms with Crippen LogP contribution in [0.15, 0.2) is 41.0 Å². The highest BCUT2D eigenvalue weighted by Crippen LogP contribution is 2.42. The van der Waals surface area contributed by atoms with Crippen LogP contribution >= 0.6 is 0 Å². The van der Waals surface area contributed by atoms with E-state index in [1.54, 1.807) is 0 Å². The van der Waals surface area contributed by atoms with E-state index >= 15 is 0 Å². The quantitative estimate of drug-likeness (QED) is 0.211. The number of halogens is 1. The molecule has 1 atom stereocenters. The normalized spacial score (nSPS) is 18.4. The minimum Gasteiger partial charge on any atom is -0.493 e. The SMILES string of the molecule is CC(C)=CCCC(C)=CCCC(C)=CCCC1(C)CCc2cc(OCCCF)c(C)c(C)c2O1. The molecular weight excluding hydrogens is 423 g/mol. The van der Waals surface area contributed by atoms with Crippen molar-refractivity contribution in [2.45, 2.75) is 112 Å². The Balaban J connectivity index is 1.88. The van der Waals surface area contributed by atoms with Crippen molar-refractivity contribution in [3.63, 3.8) is 0 Å². The van der Waals surface area contributed by atoms with Crippen LogP contribution in [-0.2, 0) is 6.42 Å². The van der Waals surface area contributed by atoms with Crippen molar-refractivity contribution >= 4 is 0 Å². The van der Waals surface area contributed by atoms with Gasteiger partial charge in [-0.15, -0.1) is 0 Å². The summed E-state index contributed by atoms with van der Waals surface area (Å²) in [6.07, 6.45) is 16.2. The molecule has 0 bridgehead atoms. The molecule has 1 unspecified atom stereocenters. The van der Waals surface area contributed by atoms with Gasteiger partial charge in [0.1, 0.15) is 17.1 Å². The number of allylic oxidation sites excluding steroid dienone is 6. The van der Waals surface area contributed by atoms with E-state index < -0.39 is 0 Å². The number of hydrogen-bond acceptors (Lipinski definition) is 2. The van der Waals surface area contributed by atoms with Crippen molar-refractivity contribution in [1.29, 1.82) is 0 Å². The summed E-state index contributed by atoms with van der Waals surface area (Å²) in [6, 6.07) is 2.11. The summed E-state index contributed by atoms with van der Waals surface area (Å²) in [5.41, 5.74) is 7.69. The van der Waals surface area contributed by atoms with E-state index in [-0.39, 0.29) is 12.3 Å². The molecule has 0 N–H and O–H groups in total. The van der Waals surface area contributed by atoms with E-state index in [4.69, 9.17) is 9.47 Å². The minimum atomic E-state index is -0.342. The van der Waals surface area contributed by atoms with E-state index in [1.165, 1.54) is 22.3 Å². The molecule has 1 aliphatic rings. The highest BCUT2D eigenvalue weighted by atomic mass is 19.1. The van der Waals surface area contributed by atoms with E-state index in [9.17, 15) is 4.39 Å². The monoisotopic (exact) mass is 470 g/mol. The van der Waals surface area contributed by atoms with Crippen LogP contribution in [0.25, 0.3) is 0 Å². The van der Waals surface area contributed by atoms with Gasteiger partial charge in [0.2, 0.25) is 0 Å². The Bertz CT molecular complexity index is 889. The molecule has 1 aromatic rings. The highest BCUT2D eigenvalue weighted by Gasteiger charge is 2.32. The van der Waals surface area contributed by atoms with Crippen LogP contribution in [-0.4, -0.2) is 18.9 Å². The molecule has 2 rings (SSSR count). The van der Waals surface area contributed by atoms with Gasteiger partial charge in [0.15, 0.2) is 0 Å². The van der Waals surface area contributed by atoms with Gasteiger partial charge in [-0.3, -0.25) is 4.39 Å². The first-order valence-electron chi connectivity index (χ1n) is 13.1. The number of fused-ring (bicyclic) bond motifs is 1. The Hall–Kier alpha value is -2.03. The van der Waals surface area contributed by atoms with Crippen LogP contribution in [0.3, 0.4) is 0 Å². The molecular formula is C31H47FO2. The average Bonchev–Trinajstić information content (AvgIpc) is 2.77. The van der Waals surface area contributed by atoms with Crippen LogP contribution < -0.4 is 9.47 Å². The molecule has 0 saturated carbocycles. The van der Waals surface area contributed by atoms with Gasteiger partial charge in [-0.1, -0.05) is 34.9 Å². The number of alkyl halides is 1. The van der Waals surface area contributed by atoms with Crippen molar-refractivity contribution in [2.75, 3.05) is 13.3 Å². The Morgan fingerprint density at radius 1 is 1.00 bits per heavy atom. The maximum atomic E-state index is 12.4. The molecule has 0 radical (unpaired) electrons. The molecule has 1 aromatic carbocycles. The zero-order valence-electron chi connectivity index (χ0n) is 22.8. The summed E-state index contributed by atoms with van der Waals surface area (Å²) in [5.74, 6) is 1.90. The van der Waals surface area contributed by atoms with Crippen molar-refractivity contribution in [2.24, 2.45) is 0 Å². The van der Waals surface area contributed by atoms with E-state index in [1.807, 2.05) is 0 Å². The fraction of sp³-hybridized carbons (Fsp3) is 0.613. The van der Waals surface area contributed by atoms with Crippen LogP contribution in [0.4, 0.5) is 4.39 Å². The Morgan fingerprint density at radius 2 is 1.65 bits per heavy atom. The molecule has 1 heterocycles. The largest absolute Gasteiger partial charge is 0.493 e. The molecule has 0 spiro atoms. The molecule has 190 valence electrons.